The van der Waals surface area contributed by atoms with Gasteiger partial charge in [0.2, 0.25) is 5.91 Å². The van der Waals surface area contributed by atoms with Crippen molar-refractivity contribution < 1.29 is 32.2 Å². The highest BCUT2D eigenvalue weighted by Crippen LogP contribution is 2.48. The van der Waals surface area contributed by atoms with Gasteiger partial charge in [-0.3, -0.25) is 9.59 Å². The number of likely N-dealkylation sites (tertiary alicyclic amines) is 1. The molecule has 9 heteroatoms. The van der Waals surface area contributed by atoms with E-state index in [-0.39, 0.29) is 23.1 Å². The van der Waals surface area contributed by atoms with E-state index in [0.717, 1.165) is 44.2 Å². The van der Waals surface area contributed by atoms with Crippen LogP contribution >= 0.6 is 0 Å². The second kappa shape index (κ2) is 10.9. The molecule has 208 valence electrons. The van der Waals surface area contributed by atoms with E-state index in [4.69, 9.17) is 9.47 Å². The van der Waals surface area contributed by atoms with E-state index in [2.05, 4.69) is 5.32 Å². The summed E-state index contributed by atoms with van der Waals surface area (Å²) in [6.45, 7) is 2.13. The smallest absolute Gasteiger partial charge is 0.416 e. The number of fused-ring (bicyclic) bond motifs is 1. The molecule has 1 saturated heterocycles. The zero-order valence-electron chi connectivity index (χ0n) is 21.9. The number of hydrogen-bond acceptors (Lipinski definition) is 4. The normalized spacial score (nSPS) is 22.7. The van der Waals surface area contributed by atoms with Crippen LogP contribution in [0.4, 0.5) is 13.2 Å². The van der Waals surface area contributed by atoms with E-state index in [9.17, 15) is 22.8 Å². The van der Waals surface area contributed by atoms with Gasteiger partial charge in [-0.25, -0.2) is 0 Å². The SMILES string of the molecule is COc1ccc(C(=O)NC[C@]23CCC[C@H]2CN(C(=O)/C=C/c2cccc(C(F)(F)F)c2)C3)cc1OCC1CC1. The summed E-state index contributed by atoms with van der Waals surface area (Å²) in [5, 5.41) is 3.08. The number of nitrogens with zero attached hydrogens (tertiary/aromatic N) is 1. The van der Waals surface area contributed by atoms with Crippen molar-refractivity contribution in [2.75, 3.05) is 33.4 Å². The minimum atomic E-state index is -4.44. The third-order valence-corrected chi connectivity index (χ3v) is 8.18. The van der Waals surface area contributed by atoms with Gasteiger partial charge in [-0.2, -0.15) is 13.2 Å². The molecule has 6 nitrogen and oxygen atoms in total. The predicted molar refractivity (Wildman–Crippen MR) is 140 cm³/mol. The van der Waals surface area contributed by atoms with Crippen molar-refractivity contribution in [3.05, 3.63) is 65.2 Å². The molecule has 0 aromatic heterocycles. The van der Waals surface area contributed by atoms with Gasteiger partial charge in [0.1, 0.15) is 0 Å². The Morgan fingerprint density at radius 3 is 2.69 bits per heavy atom. The second-order valence-corrected chi connectivity index (χ2v) is 10.9. The van der Waals surface area contributed by atoms with E-state index >= 15 is 0 Å². The number of nitrogens with one attached hydrogen (secondary N) is 1. The number of ether oxygens (including phenoxy) is 2. The van der Waals surface area contributed by atoms with Crippen molar-refractivity contribution in [3.8, 4) is 11.5 Å². The van der Waals surface area contributed by atoms with Crippen molar-refractivity contribution in [2.24, 2.45) is 17.3 Å². The molecule has 3 aliphatic rings. The fourth-order valence-corrected chi connectivity index (χ4v) is 5.74. The van der Waals surface area contributed by atoms with Crippen LogP contribution in [0.3, 0.4) is 0 Å². The maximum absolute atomic E-state index is 13.1. The van der Waals surface area contributed by atoms with E-state index in [1.54, 1.807) is 30.2 Å². The number of rotatable bonds is 9. The fraction of sp³-hybridized carbons (Fsp3) is 0.467. The van der Waals surface area contributed by atoms with E-state index in [0.29, 0.717) is 54.8 Å². The summed E-state index contributed by atoms with van der Waals surface area (Å²) in [7, 11) is 1.57. The Morgan fingerprint density at radius 2 is 1.95 bits per heavy atom. The maximum Gasteiger partial charge on any atom is 0.416 e. The first-order chi connectivity index (χ1) is 18.7. The van der Waals surface area contributed by atoms with Crippen molar-refractivity contribution in [3.63, 3.8) is 0 Å². The van der Waals surface area contributed by atoms with Crippen LogP contribution in [0, 0.1) is 17.3 Å². The molecule has 2 atom stereocenters. The first-order valence-corrected chi connectivity index (χ1v) is 13.4. The molecule has 2 aromatic carbocycles. The summed E-state index contributed by atoms with van der Waals surface area (Å²) < 4.78 is 50.3. The number of carbonyl (C=O) groups excluding carboxylic acids is 2. The van der Waals surface area contributed by atoms with Crippen molar-refractivity contribution in [1.82, 2.24) is 10.2 Å². The molecular weight excluding hydrogens is 509 g/mol. The van der Waals surface area contributed by atoms with Crippen LogP contribution in [0.15, 0.2) is 48.5 Å². The Bertz CT molecular complexity index is 1260. The Labute approximate surface area is 226 Å². The summed E-state index contributed by atoms with van der Waals surface area (Å²) in [5.74, 6) is 1.53. The largest absolute Gasteiger partial charge is 0.493 e. The quantitative estimate of drug-likeness (QED) is 0.421. The van der Waals surface area contributed by atoms with Gasteiger partial charge in [0.15, 0.2) is 11.5 Å². The van der Waals surface area contributed by atoms with E-state index in [1.807, 2.05) is 0 Å². The molecule has 2 amide bonds. The minimum Gasteiger partial charge on any atom is -0.493 e. The lowest BCUT2D eigenvalue weighted by Gasteiger charge is -2.29. The lowest BCUT2D eigenvalue weighted by Crippen LogP contribution is -2.41. The monoisotopic (exact) mass is 542 g/mol. The summed E-state index contributed by atoms with van der Waals surface area (Å²) in [6, 6.07) is 10.1. The van der Waals surface area contributed by atoms with Gasteiger partial charge in [-0.05, 0) is 79.5 Å². The summed E-state index contributed by atoms with van der Waals surface area (Å²) >= 11 is 0. The van der Waals surface area contributed by atoms with Gasteiger partial charge >= 0.3 is 6.18 Å². The second-order valence-electron chi connectivity index (χ2n) is 10.9. The molecule has 0 radical (unpaired) electrons. The van der Waals surface area contributed by atoms with Gasteiger partial charge in [-0.15, -0.1) is 0 Å². The molecule has 5 rings (SSSR count). The molecule has 39 heavy (non-hydrogen) atoms. The fourth-order valence-electron chi connectivity index (χ4n) is 5.74. The molecule has 1 heterocycles. The number of amides is 2. The van der Waals surface area contributed by atoms with Gasteiger partial charge in [-0.1, -0.05) is 18.6 Å². The molecule has 2 aliphatic carbocycles. The Hall–Kier alpha value is -3.49. The number of methoxy groups -OCH3 is 1. The van der Waals surface area contributed by atoms with Crippen LogP contribution in [0.2, 0.25) is 0 Å². The predicted octanol–water partition coefficient (Wildman–Crippen LogP) is 5.57. The summed E-state index contributed by atoms with van der Waals surface area (Å²) in [6.07, 6.45) is 3.54. The standard InChI is InChI=1S/C30H33F3N2O4/c1-38-25-11-10-22(15-26(25)39-17-21-7-8-21)28(37)34-18-29-13-3-6-24(29)16-35(19-29)27(36)12-9-20-4-2-5-23(14-20)30(31,32)33/h2,4-5,9-12,14-15,21,24H,3,6-8,13,16-19H2,1H3,(H,34,37)/b12-9+/t24-,29-/m0/s1. The van der Waals surface area contributed by atoms with Crippen molar-refractivity contribution >= 4 is 17.9 Å². The number of alkyl halides is 3. The molecule has 0 unspecified atom stereocenters. The topological polar surface area (TPSA) is 67.9 Å². The highest BCUT2D eigenvalue weighted by Gasteiger charge is 2.50. The highest BCUT2D eigenvalue weighted by atomic mass is 19.4. The third-order valence-electron chi connectivity index (χ3n) is 8.18. The minimum absolute atomic E-state index is 0.205. The van der Waals surface area contributed by atoms with Crippen LogP contribution in [0.5, 0.6) is 11.5 Å². The molecule has 3 fully saturated rings. The zero-order chi connectivity index (χ0) is 27.6. The maximum atomic E-state index is 13.1. The van der Waals surface area contributed by atoms with Gasteiger partial charge in [0, 0.05) is 36.7 Å². The number of halogens is 3. The van der Waals surface area contributed by atoms with E-state index < -0.39 is 11.7 Å². The van der Waals surface area contributed by atoms with Gasteiger partial charge in [0.25, 0.3) is 5.91 Å². The molecule has 2 saturated carbocycles. The van der Waals surface area contributed by atoms with Crippen LogP contribution in [-0.4, -0.2) is 50.1 Å². The molecule has 1 N–H and O–H groups in total. The summed E-state index contributed by atoms with van der Waals surface area (Å²) in [4.78, 5) is 27.8. The van der Waals surface area contributed by atoms with Crippen LogP contribution in [0.1, 0.15) is 53.6 Å². The average Bonchev–Trinajstić information content (AvgIpc) is 3.57. The molecule has 1 aliphatic heterocycles. The van der Waals surface area contributed by atoms with Gasteiger partial charge in [0.05, 0.1) is 19.3 Å². The molecular formula is C30H33F3N2O4. The van der Waals surface area contributed by atoms with Crippen LogP contribution < -0.4 is 14.8 Å². The number of benzene rings is 2. The zero-order valence-corrected chi connectivity index (χ0v) is 21.9. The van der Waals surface area contributed by atoms with Crippen molar-refractivity contribution in [2.45, 2.75) is 38.3 Å². The Balaban J connectivity index is 1.21. The van der Waals surface area contributed by atoms with Crippen LogP contribution in [0.25, 0.3) is 6.08 Å². The first kappa shape index (κ1) is 27.1. The first-order valence-electron chi connectivity index (χ1n) is 13.4. The highest BCUT2D eigenvalue weighted by molar-refractivity contribution is 5.95. The lowest BCUT2D eigenvalue weighted by molar-refractivity contribution is -0.137. The van der Waals surface area contributed by atoms with Crippen LogP contribution in [-0.2, 0) is 11.0 Å². The average molecular weight is 543 g/mol. The molecule has 0 spiro atoms. The Morgan fingerprint density at radius 1 is 1.13 bits per heavy atom. The number of carbonyl (C=O) groups is 2. The summed E-state index contributed by atoms with van der Waals surface area (Å²) in [5.41, 5.74) is -0.157. The molecule has 2 aromatic rings. The Kier molecular flexibility index (Phi) is 7.60. The van der Waals surface area contributed by atoms with E-state index in [1.165, 1.54) is 24.3 Å². The lowest BCUT2D eigenvalue weighted by atomic mass is 9.80. The van der Waals surface area contributed by atoms with Gasteiger partial charge < -0.3 is 19.7 Å². The third kappa shape index (κ3) is 6.23. The number of hydrogen-bond donors (Lipinski definition) is 1. The van der Waals surface area contributed by atoms with Crippen molar-refractivity contribution in [1.29, 1.82) is 0 Å². The molecule has 0 bridgehead atoms.